The molecule has 0 radical (unpaired) electrons. The summed E-state index contributed by atoms with van der Waals surface area (Å²) in [6.45, 7) is 2.19. The summed E-state index contributed by atoms with van der Waals surface area (Å²) in [5.74, 6) is -0.375. The summed E-state index contributed by atoms with van der Waals surface area (Å²) in [6.07, 6.45) is 4.63. The Hall–Kier alpha value is -4.51. The average Bonchev–Trinajstić information content (AvgIpc) is 3.45. The van der Waals surface area contributed by atoms with E-state index in [0.717, 1.165) is 35.6 Å². The van der Waals surface area contributed by atoms with Gasteiger partial charge < -0.3 is 10.6 Å². The number of aromatic nitrogens is 7. The fraction of sp³-hybridized carbons (Fsp3) is 0.130. The molecule has 0 saturated carbocycles. The monoisotopic (exact) mass is 455 g/mol. The van der Waals surface area contributed by atoms with Crippen LogP contribution in [0.2, 0.25) is 0 Å². The third-order valence-corrected chi connectivity index (χ3v) is 5.55. The van der Waals surface area contributed by atoms with Gasteiger partial charge in [0.25, 0.3) is 5.91 Å². The number of nitrogens with one attached hydrogen (secondary N) is 2. The number of imidazole rings is 1. The fourth-order valence-corrected chi connectivity index (χ4v) is 4.00. The van der Waals surface area contributed by atoms with Crippen LogP contribution in [0.25, 0.3) is 28.2 Å². The number of carbonyl (C=O) groups excluding carboxylic acids is 1. The quantitative estimate of drug-likeness (QED) is 0.428. The molecular formula is C23H18FN9O. The average molecular weight is 455 g/mol. The number of amides is 1. The first kappa shape index (κ1) is 20.1. The molecule has 11 heteroatoms. The van der Waals surface area contributed by atoms with Crippen molar-refractivity contribution in [3.05, 3.63) is 78.4 Å². The van der Waals surface area contributed by atoms with Crippen molar-refractivity contribution in [1.82, 2.24) is 39.7 Å². The molecule has 34 heavy (non-hydrogen) atoms. The van der Waals surface area contributed by atoms with E-state index in [1.165, 1.54) is 24.5 Å². The number of fused-ring (bicyclic) bond motifs is 2. The summed E-state index contributed by atoms with van der Waals surface area (Å²) in [6, 6.07) is 11.6. The second-order valence-electron chi connectivity index (χ2n) is 7.75. The van der Waals surface area contributed by atoms with E-state index in [1.54, 1.807) is 28.9 Å². The van der Waals surface area contributed by atoms with Crippen molar-refractivity contribution in [2.75, 3.05) is 11.9 Å². The van der Waals surface area contributed by atoms with Crippen molar-refractivity contribution >= 4 is 17.4 Å². The van der Waals surface area contributed by atoms with E-state index in [9.17, 15) is 9.18 Å². The lowest BCUT2D eigenvalue weighted by Crippen LogP contribution is -2.28. The number of carbonyl (C=O) groups is 1. The molecule has 1 aromatic carbocycles. The summed E-state index contributed by atoms with van der Waals surface area (Å²) in [4.78, 5) is 24.7. The first-order chi connectivity index (χ1) is 16.7. The van der Waals surface area contributed by atoms with Gasteiger partial charge in [0, 0.05) is 31.0 Å². The Balaban J connectivity index is 1.40. The third kappa shape index (κ3) is 3.57. The molecule has 1 amide bonds. The van der Waals surface area contributed by atoms with E-state index in [1.807, 2.05) is 16.8 Å². The van der Waals surface area contributed by atoms with Gasteiger partial charge in [0.1, 0.15) is 11.5 Å². The Labute approximate surface area is 192 Å². The third-order valence-electron chi connectivity index (χ3n) is 5.55. The van der Waals surface area contributed by atoms with Gasteiger partial charge in [0.15, 0.2) is 11.5 Å². The van der Waals surface area contributed by atoms with Gasteiger partial charge in [-0.3, -0.25) is 9.48 Å². The molecule has 5 aromatic rings. The number of nitrogens with zero attached hydrogens (tertiary/aromatic N) is 7. The van der Waals surface area contributed by atoms with Gasteiger partial charge in [0.2, 0.25) is 5.82 Å². The predicted molar refractivity (Wildman–Crippen MR) is 121 cm³/mol. The van der Waals surface area contributed by atoms with Gasteiger partial charge in [-0.1, -0.05) is 0 Å². The van der Waals surface area contributed by atoms with E-state index in [0.29, 0.717) is 23.7 Å². The lowest BCUT2D eigenvalue weighted by molar-refractivity contribution is 0.101. The molecule has 0 aliphatic carbocycles. The molecule has 10 nitrogen and oxygen atoms in total. The zero-order chi connectivity index (χ0) is 23.1. The zero-order valence-electron chi connectivity index (χ0n) is 17.8. The minimum absolute atomic E-state index is 0.0520. The van der Waals surface area contributed by atoms with Crippen molar-refractivity contribution in [2.45, 2.75) is 13.1 Å². The van der Waals surface area contributed by atoms with Gasteiger partial charge in [0.05, 0.1) is 29.7 Å². The lowest BCUT2D eigenvalue weighted by atomic mass is 10.0. The highest BCUT2D eigenvalue weighted by Crippen LogP contribution is 2.34. The van der Waals surface area contributed by atoms with E-state index < -0.39 is 5.91 Å². The largest absolute Gasteiger partial charge is 0.309 e. The van der Waals surface area contributed by atoms with Crippen LogP contribution in [0, 0.1) is 5.82 Å². The Morgan fingerprint density at radius 1 is 1.06 bits per heavy atom. The maximum absolute atomic E-state index is 13.5. The Bertz CT molecular complexity index is 1510. The second kappa shape index (κ2) is 8.12. The van der Waals surface area contributed by atoms with Crippen LogP contribution in [-0.2, 0) is 13.1 Å². The van der Waals surface area contributed by atoms with Crippen LogP contribution >= 0.6 is 0 Å². The molecule has 6 rings (SSSR count). The number of anilines is 1. The van der Waals surface area contributed by atoms with E-state index >= 15 is 0 Å². The number of benzene rings is 1. The summed E-state index contributed by atoms with van der Waals surface area (Å²) in [5, 5.41) is 15.6. The first-order valence-corrected chi connectivity index (χ1v) is 10.7. The molecule has 1 aliphatic rings. The first-order valence-electron chi connectivity index (χ1n) is 10.7. The Kier molecular flexibility index (Phi) is 4.81. The minimum Gasteiger partial charge on any atom is -0.309 e. The molecule has 5 heterocycles. The highest BCUT2D eigenvalue weighted by atomic mass is 19.1. The van der Waals surface area contributed by atoms with E-state index in [4.69, 9.17) is 10.2 Å². The molecule has 0 bridgehead atoms. The van der Waals surface area contributed by atoms with Gasteiger partial charge in [-0.25, -0.2) is 23.9 Å². The molecule has 2 N–H and O–H groups in total. The van der Waals surface area contributed by atoms with E-state index in [-0.39, 0.29) is 11.6 Å². The maximum atomic E-state index is 13.5. The smallest absolute Gasteiger partial charge is 0.294 e. The molecule has 0 atom stereocenters. The van der Waals surface area contributed by atoms with Crippen molar-refractivity contribution in [3.63, 3.8) is 0 Å². The minimum atomic E-state index is -0.459. The molecule has 0 spiro atoms. The van der Waals surface area contributed by atoms with Crippen LogP contribution < -0.4 is 10.6 Å². The summed E-state index contributed by atoms with van der Waals surface area (Å²) in [5.41, 5.74) is 4.68. The Morgan fingerprint density at radius 2 is 1.88 bits per heavy atom. The van der Waals surface area contributed by atoms with Crippen LogP contribution in [0.5, 0.6) is 0 Å². The fourth-order valence-electron chi connectivity index (χ4n) is 4.00. The van der Waals surface area contributed by atoms with Gasteiger partial charge >= 0.3 is 0 Å². The van der Waals surface area contributed by atoms with Crippen LogP contribution in [0.1, 0.15) is 16.3 Å². The van der Waals surface area contributed by atoms with Gasteiger partial charge in [-0.15, -0.1) is 0 Å². The normalized spacial score (nSPS) is 13.1. The van der Waals surface area contributed by atoms with Crippen LogP contribution in [0.3, 0.4) is 0 Å². The zero-order valence-corrected chi connectivity index (χ0v) is 17.8. The van der Waals surface area contributed by atoms with Crippen LogP contribution in [0.4, 0.5) is 10.2 Å². The summed E-state index contributed by atoms with van der Waals surface area (Å²) in [7, 11) is 0. The molecule has 0 fully saturated rings. The molecule has 0 saturated heterocycles. The van der Waals surface area contributed by atoms with Gasteiger partial charge in [-0.2, -0.15) is 10.2 Å². The predicted octanol–water partition coefficient (Wildman–Crippen LogP) is 2.54. The highest BCUT2D eigenvalue weighted by Gasteiger charge is 2.24. The van der Waals surface area contributed by atoms with Gasteiger partial charge in [-0.05, 0) is 42.5 Å². The second-order valence-corrected chi connectivity index (χ2v) is 7.75. The number of hydrogen-bond acceptors (Lipinski definition) is 7. The highest BCUT2D eigenvalue weighted by molar-refractivity contribution is 6.01. The van der Waals surface area contributed by atoms with Crippen molar-refractivity contribution < 1.29 is 9.18 Å². The van der Waals surface area contributed by atoms with Crippen LogP contribution in [0.15, 0.2) is 61.1 Å². The summed E-state index contributed by atoms with van der Waals surface area (Å²) < 4.78 is 17.1. The standard InChI is InChI=1S/C23H18FN9O/c24-15-4-2-14(3-5-15)21-20(17-12-25-10-11-32(17)31-21)16-6-7-19-28-18(13-33(19)30-16)29-23(34)22-26-8-1-9-27-22/h1-9,13,25H,10-12H2,(H,29,34). The number of hydrogen-bond donors (Lipinski definition) is 2. The maximum Gasteiger partial charge on any atom is 0.294 e. The Morgan fingerprint density at radius 3 is 2.71 bits per heavy atom. The van der Waals surface area contributed by atoms with Crippen molar-refractivity contribution in [1.29, 1.82) is 0 Å². The van der Waals surface area contributed by atoms with Crippen LogP contribution in [-0.4, -0.2) is 46.8 Å². The van der Waals surface area contributed by atoms with Crippen molar-refractivity contribution in [2.24, 2.45) is 0 Å². The number of rotatable bonds is 4. The molecule has 168 valence electrons. The van der Waals surface area contributed by atoms with Crippen molar-refractivity contribution in [3.8, 4) is 22.5 Å². The molecule has 0 unspecified atom stereocenters. The topological polar surface area (TPSA) is 115 Å². The SMILES string of the molecule is O=C(Nc1cn2nc(-c3c(-c4ccc(F)cc4)nn4c3CNCC4)ccc2n1)c1ncccn1. The van der Waals surface area contributed by atoms with E-state index in [2.05, 4.69) is 25.6 Å². The summed E-state index contributed by atoms with van der Waals surface area (Å²) >= 11 is 0. The lowest BCUT2D eigenvalue weighted by Gasteiger charge is -2.15. The molecular weight excluding hydrogens is 437 g/mol. The number of halogens is 1. The molecule has 4 aromatic heterocycles. The molecule has 1 aliphatic heterocycles.